The van der Waals surface area contributed by atoms with Gasteiger partial charge in [0, 0.05) is 37.2 Å². The highest BCUT2D eigenvalue weighted by Gasteiger charge is 2.29. The van der Waals surface area contributed by atoms with Crippen LogP contribution in [0, 0.1) is 5.82 Å². The first kappa shape index (κ1) is 25.1. The maximum absolute atomic E-state index is 13.4. The number of likely N-dealkylation sites (tertiary alicyclic amines) is 1. The molecule has 0 aliphatic carbocycles. The van der Waals surface area contributed by atoms with E-state index in [0.29, 0.717) is 30.4 Å². The first-order valence-electron chi connectivity index (χ1n) is 11.5. The molecule has 178 valence electrons. The molecule has 0 bridgehead atoms. The van der Waals surface area contributed by atoms with E-state index in [1.807, 2.05) is 23.1 Å². The van der Waals surface area contributed by atoms with E-state index in [9.17, 15) is 14.0 Å². The smallest absolute Gasteiger partial charge is 0.305 e. The van der Waals surface area contributed by atoms with E-state index in [-0.39, 0.29) is 17.7 Å². The Morgan fingerprint density at radius 2 is 1.91 bits per heavy atom. The fourth-order valence-electron chi connectivity index (χ4n) is 4.06. The third kappa shape index (κ3) is 8.39. The molecule has 7 heteroatoms. The number of carbonyl (C=O) groups is 2. The van der Waals surface area contributed by atoms with Gasteiger partial charge in [0.15, 0.2) is 0 Å². The zero-order valence-corrected chi connectivity index (χ0v) is 20.0. The molecular weight excluding hydrogens is 441 g/mol. The summed E-state index contributed by atoms with van der Waals surface area (Å²) in [5.74, 6) is 2.73. The zero-order chi connectivity index (χ0) is 23.5. The summed E-state index contributed by atoms with van der Waals surface area (Å²) in [6, 6.07) is 14.3. The highest BCUT2D eigenvalue weighted by molar-refractivity contribution is 7.99. The van der Waals surface area contributed by atoms with Crippen LogP contribution in [0.4, 0.5) is 4.39 Å². The molecule has 1 heterocycles. The van der Waals surface area contributed by atoms with Crippen molar-refractivity contribution in [3.8, 4) is 11.5 Å². The third-order valence-corrected chi connectivity index (χ3v) is 6.81. The molecule has 1 aliphatic rings. The number of benzene rings is 2. The van der Waals surface area contributed by atoms with Gasteiger partial charge in [-0.05, 0) is 67.7 Å². The summed E-state index contributed by atoms with van der Waals surface area (Å²) < 4.78 is 23.8. The van der Waals surface area contributed by atoms with Crippen LogP contribution in [-0.2, 0) is 20.7 Å². The molecule has 0 aromatic heterocycles. The number of hydrogen-bond donors (Lipinski definition) is 0. The van der Waals surface area contributed by atoms with Gasteiger partial charge in [0.1, 0.15) is 17.3 Å². The van der Waals surface area contributed by atoms with Crippen molar-refractivity contribution in [2.75, 3.05) is 25.2 Å². The number of aryl methyl sites for hydroxylation is 1. The van der Waals surface area contributed by atoms with Gasteiger partial charge >= 0.3 is 5.97 Å². The van der Waals surface area contributed by atoms with E-state index < -0.39 is 0 Å². The second kappa shape index (κ2) is 13.2. The van der Waals surface area contributed by atoms with Gasteiger partial charge in [-0.25, -0.2) is 4.39 Å². The summed E-state index contributed by atoms with van der Waals surface area (Å²) in [5, 5.41) is 0. The minimum atomic E-state index is -0.320. The number of carbonyl (C=O) groups excluding carboxylic acids is 2. The molecule has 5 nitrogen and oxygen atoms in total. The highest BCUT2D eigenvalue weighted by Crippen LogP contribution is 2.26. The van der Waals surface area contributed by atoms with Gasteiger partial charge in [0.2, 0.25) is 5.91 Å². The fourth-order valence-corrected chi connectivity index (χ4v) is 4.94. The predicted molar refractivity (Wildman–Crippen MR) is 129 cm³/mol. The molecule has 3 rings (SSSR count). The molecule has 0 N–H and O–H groups in total. The number of ether oxygens (including phenoxy) is 2. The van der Waals surface area contributed by atoms with Crippen molar-refractivity contribution in [2.24, 2.45) is 0 Å². The SMILES string of the molecule is COC(=O)CCCSCCN1C(=O)CCC1CCCc1cccc(Oc2cccc(F)c2)c1. The van der Waals surface area contributed by atoms with E-state index in [2.05, 4.69) is 10.8 Å². The lowest BCUT2D eigenvalue weighted by Gasteiger charge is -2.24. The Hall–Kier alpha value is -2.54. The number of halogens is 1. The van der Waals surface area contributed by atoms with Gasteiger partial charge in [-0.1, -0.05) is 18.2 Å². The van der Waals surface area contributed by atoms with Gasteiger partial charge in [0.25, 0.3) is 0 Å². The second-order valence-corrected chi connectivity index (χ2v) is 9.40. The molecule has 1 amide bonds. The van der Waals surface area contributed by atoms with Gasteiger partial charge in [0.05, 0.1) is 7.11 Å². The van der Waals surface area contributed by atoms with Crippen LogP contribution < -0.4 is 4.74 Å². The van der Waals surface area contributed by atoms with E-state index in [4.69, 9.17) is 4.74 Å². The van der Waals surface area contributed by atoms with Crippen LogP contribution in [-0.4, -0.2) is 48.0 Å². The van der Waals surface area contributed by atoms with Crippen LogP contribution >= 0.6 is 11.8 Å². The summed E-state index contributed by atoms with van der Waals surface area (Å²) >= 11 is 1.78. The average molecular weight is 474 g/mol. The quantitative estimate of drug-likeness (QED) is 0.279. The zero-order valence-electron chi connectivity index (χ0n) is 19.1. The first-order chi connectivity index (χ1) is 16.0. The lowest BCUT2D eigenvalue weighted by Crippen LogP contribution is -2.35. The van der Waals surface area contributed by atoms with E-state index in [1.165, 1.54) is 24.8 Å². The average Bonchev–Trinajstić information content (AvgIpc) is 3.15. The topological polar surface area (TPSA) is 55.8 Å². The number of amides is 1. The molecule has 1 fully saturated rings. The summed E-state index contributed by atoms with van der Waals surface area (Å²) in [4.78, 5) is 25.5. The van der Waals surface area contributed by atoms with E-state index in [0.717, 1.165) is 50.2 Å². The van der Waals surface area contributed by atoms with E-state index in [1.54, 1.807) is 23.9 Å². The molecule has 1 aliphatic heterocycles. The van der Waals surface area contributed by atoms with Crippen LogP contribution in [0.2, 0.25) is 0 Å². The number of rotatable bonds is 13. The molecule has 2 aromatic carbocycles. The Balaban J connectivity index is 1.40. The lowest BCUT2D eigenvalue weighted by atomic mass is 10.0. The van der Waals surface area contributed by atoms with Crippen molar-refractivity contribution < 1.29 is 23.5 Å². The molecule has 0 saturated carbocycles. The standard InChI is InChI=1S/C26H32FNO4S/c1-31-26(30)12-5-16-33-17-15-28-22(13-14-25(28)29)9-2-6-20-7-3-10-23(18-20)32-24-11-4-8-21(27)19-24/h3-4,7-8,10-11,18-19,22H,2,5-6,9,12-17H2,1H3. The number of nitrogens with zero attached hydrogens (tertiary/aromatic N) is 1. The Morgan fingerprint density at radius 3 is 2.70 bits per heavy atom. The van der Waals surface area contributed by atoms with E-state index >= 15 is 0 Å². The number of thioether (sulfide) groups is 1. The Morgan fingerprint density at radius 1 is 1.12 bits per heavy atom. The van der Waals surface area contributed by atoms with Crippen molar-refractivity contribution >= 4 is 23.6 Å². The van der Waals surface area contributed by atoms with Crippen molar-refractivity contribution in [3.63, 3.8) is 0 Å². The summed E-state index contributed by atoms with van der Waals surface area (Å²) in [7, 11) is 1.41. The molecular formula is C26H32FNO4S. The summed E-state index contributed by atoms with van der Waals surface area (Å²) in [5.41, 5.74) is 1.17. The van der Waals surface area contributed by atoms with Crippen LogP contribution in [0.25, 0.3) is 0 Å². The maximum atomic E-state index is 13.4. The molecule has 1 saturated heterocycles. The third-order valence-electron chi connectivity index (χ3n) is 5.76. The van der Waals surface area contributed by atoms with Gasteiger partial charge in [-0.2, -0.15) is 11.8 Å². The van der Waals surface area contributed by atoms with Gasteiger partial charge in [-0.15, -0.1) is 0 Å². The maximum Gasteiger partial charge on any atom is 0.305 e. The predicted octanol–water partition coefficient (Wildman–Crippen LogP) is 5.62. The van der Waals surface area contributed by atoms with Crippen molar-refractivity contribution in [1.29, 1.82) is 0 Å². The molecule has 33 heavy (non-hydrogen) atoms. The van der Waals surface area contributed by atoms with Gasteiger partial charge < -0.3 is 14.4 Å². The monoisotopic (exact) mass is 473 g/mol. The Kier molecular flexibility index (Phi) is 10.1. The molecule has 1 atom stereocenters. The summed E-state index contributed by atoms with van der Waals surface area (Å²) in [6.07, 6.45) is 5.68. The van der Waals surface area contributed by atoms with Crippen LogP contribution in [0.5, 0.6) is 11.5 Å². The van der Waals surface area contributed by atoms with Crippen LogP contribution in [0.3, 0.4) is 0 Å². The number of methoxy groups -OCH3 is 1. The minimum Gasteiger partial charge on any atom is -0.469 e. The lowest BCUT2D eigenvalue weighted by molar-refractivity contribution is -0.140. The number of hydrogen-bond acceptors (Lipinski definition) is 5. The van der Waals surface area contributed by atoms with Crippen LogP contribution in [0.15, 0.2) is 48.5 Å². The Labute approximate surface area is 199 Å². The summed E-state index contributed by atoms with van der Waals surface area (Å²) in [6.45, 7) is 0.767. The van der Waals surface area contributed by atoms with Crippen molar-refractivity contribution in [2.45, 2.75) is 51.0 Å². The number of esters is 1. The van der Waals surface area contributed by atoms with Gasteiger partial charge in [-0.3, -0.25) is 9.59 Å². The molecule has 1 unspecified atom stereocenters. The molecule has 0 radical (unpaired) electrons. The fraction of sp³-hybridized carbons (Fsp3) is 0.462. The Bertz CT molecular complexity index is 923. The van der Waals surface area contributed by atoms with Crippen LogP contribution in [0.1, 0.15) is 44.1 Å². The first-order valence-corrected chi connectivity index (χ1v) is 12.7. The molecule has 2 aromatic rings. The van der Waals surface area contributed by atoms with Crippen molar-refractivity contribution in [3.05, 3.63) is 59.9 Å². The minimum absolute atomic E-state index is 0.170. The van der Waals surface area contributed by atoms with Crippen molar-refractivity contribution in [1.82, 2.24) is 4.90 Å². The normalized spacial score (nSPS) is 15.6. The largest absolute Gasteiger partial charge is 0.469 e. The highest BCUT2D eigenvalue weighted by atomic mass is 32.2. The second-order valence-electron chi connectivity index (χ2n) is 8.17. The molecule has 0 spiro atoms.